The lowest BCUT2D eigenvalue weighted by molar-refractivity contribution is -0.139. The zero-order valence-electron chi connectivity index (χ0n) is 27.3. The van der Waals surface area contributed by atoms with Crippen LogP contribution in [0.1, 0.15) is 53.3 Å². The van der Waals surface area contributed by atoms with Crippen LogP contribution in [0.3, 0.4) is 0 Å². The van der Waals surface area contributed by atoms with E-state index in [0.717, 1.165) is 11.3 Å². The molecule has 9 nitrogen and oxygen atoms in total. The number of allylic oxidation sites excluding steroid dienone is 1. The summed E-state index contributed by atoms with van der Waals surface area (Å²) in [4.78, 5) is 32.5. The Balaban J connectivity index is 1.55. The first kappa shape index (κ1) is 32.6. The number of carbonyl (C=O) groups excluding carboxylic acids is 1. The molecular formula is C36H38N2O7S. The number of ether oxygens (including phenoxy) is 5. The number of aromatic nitrogens is 1. The van der Waals surface area contributed by atoms with E-state index in [1.165, 1.54) is 59.5 Å². The molecule has 1 atom stereocenters. The predicted molar refractivity (Wildman–Crippen MR) is 178 cm³/mol. The van der Waals surface area contributed by atoms with Crippen molar-refractivity contribution in [2.75, 3.05) is 27.9 Å². The lowest BCUT2D eigenvalue weighted by atomic mass is 9.95. The van der Waals surface area contributed by atoms with Crippen molar-refractivity contribution in [1.29, 1.82) is 0 Å². The zero-order valence-corrected chi connectivity index (χ0v) is 28.2. The first-order chi connectivity index (χ1) is 22.1. The number of carbonyl (C=O) groups is 1. The fourth-order valence-electron chi connectivity index (χ4n) is 5.77. The van der Waals surface area contributed by atoms with E-state index in [9.17, 15) is 9.59 Å². The number of thiazole rings is 1. The Morgan fingerprint density at radius 2 is 1.57 bits per heavy atom. The number of nitrogens with zero attached hydrogens (tertiary/aromatic N) is 2. The van der Waals surface area contributed by atoms with Crippen LogP contribution < -0.4 is 33.8 Å². The van der Waals surface area contributed by atoms with E-state index in [-0.39, 0.29) is 17.7 Å². The third-order valence-corrected chi connectivity index (χ3v) is 8.90. The summed E-state index contributed by atoms with van der Waals surface area (Å²) < 4.78 is 30.2. The third kappa shape index (κ3) is 6.30. The number of esters is 1. The minimum Gasteiger partial charge on any atom is -0.493 e. The Morgan fingerprint density at radius 1 is 0.935 bits per heavy atom. The lowest BCUT2D eigenvalue weighted by Crippen LogP contribution is -2.40. The molecule has 0 fully saturated rings. The molecule has 0 unspecified atom stereocenters. The maximum Gasteiger partial charge on any atom is 0.338 e. The third-order valence-electron chi connectivity index (χ3n) is 7.92. The van der Waals surface area contributed by atoms with Gasteiger partial charge in [-0.2, -0.15) is 0 Å². The summed E-state index contributed by atoms with van der Waals surface area (Å²) in [6, 6.07) is 14.6. The van der Waals surface area contributed by atoms with Gasteiger partial charge < -0.3 is 23.7 Å². The zero-order chi connectivity index (χ0) is 33.1. The van der Waals surface area contributed by atoms with Gasteiger partial charge in [0.2, 0.25) is 5.75 Å². The van der Waals surface area contributed by atoms with Gasteiger partial charge in [-0.3, -0.25) is 9.36 Å². The number of methoxy groups -OCH3 is 3. The van der Waals surface area contributed by atoms with E-state index < -0.39 is 12.0 Å². The number of fused-ring (bicyclic) bond motifs is 1. The average molecular weight is 643 g/mol. The second kappa shape index (κ2) is 13.7. The normalized spacial score (nSPS) is 14.4. The van der Waals surface area contributed by atoms with Gasteiger partial charge in [-0.05, 0) is 92.8 Å². The molecule has 1 aliphatic rings. The molecule has 0 spiro atoms. The SMILES string of the molecule is CCOC(=O)C1=C(C)N=c2s/c(=C\c3ccc(OCc4c(C)cc(C)cc4C)cc3)c(=O)n2[C@H]1c1cc(OC)c(OC)c(OC)c1. The van der Waals surface area contributed by atoms with Crippen LogP contribution in [0.25, 0.3) is 6.08 Å². The standard InChI is InChI=1S/C36H38N2O7S/c1-9-44-35(40)31-23(5)37-36-38(32(31)25-17-28(41-6)33(43-8)29(18-25)42-7)34(39)30(46-36)16-24-10-12-26(13-11-24)45-19-27-21(3)14-20(2)15-22(27)4/h10-18,32H,9,19H2,1-8H3/b30-16-/t32-/m0/s1. The van der Waals surface area contributed by atoms with Gasteiger partial charge in [0.05, 0.1) is 49.8 Å². The first-order valence-electron chi connectivity index (χ1n) is 14.9. The van der Waals surface area contributed by atoms with E-state index in [1.54, 1.807) is 26.0 Å². The Hall–Kier alpha value is -4.83. The van der Waals surface area contributed by atoms with Crippen molar-refractivity contribution in [2.45, 2.75) is 47.3 Å². The van der Waals surface area contributed by atoms with Gasteiger partial charge in [-0.1, -0.05) is 41.2 Å². The minimum absolute atomic E-state index is 0.173. The van der Waals surface area contributed by atoms with Crippen molar-refractivity contribution in [1.82, 2.24) is 4.57 Å². The van der Waals surface area contributed by atoms with Crippen LogP contribution in [0.15, 0.2) is 69.6 Å². The van der Waals surface area contributed by atoms with Gasteiger partial charge in [-0.25, -0.2) is 9.79 Å². The molecule has 0 amide bonds. The van der Waals surface area contributed by atoms with Gasteiger partial charge in [0, 0.05) is 0 Å². The van der Waals surface area contributed by atoms with Gasteiger partial charge in [-0.15, -0.1) is 0 Å². The summed E-state index contributed by atoms with van der Waals surface area (Å²) in [5.41, 5.74) is 6.66. The first-order valence-corrected chi connectivity index (χ1v) is 15.7. The highest BCUT2D eigenvalue weighted by Crippen LogP contribution is 2.42. The second-order valence-electron chi connectivity index (χ2n) is 11.0. The molecule has 0 aliphatic carbocycles. The smallest absolute Gasteiger partial charge is 0.338 e. The second-order valence-corrected chi connectivity index (χ2v) is 12.0. The molecule has 0 saturated carbocycles. The van der Waals surface area contributed by atoms with Gasteiger partial charge in [0.15, 0.2) is 16.3 Å². The molecular weight excluding hydrogens is 604 g/mol. The van der Waals surface area contributed by atoms with Crippen LogP contribution in [-0.4, -0.2) is 38.5 Å². The van der Waals surface area contributed by atoms with Crippen molar-refractivity contribution < 1.29 is 28.5 Å². The molecule has 0 N–H and O–H groups in total. The molecule has 0 saturated heterocycles. The summed E-state index contributed by atoms with van der Waals surface area (Å²) >= 11 is 1.25. The quantitative estimate of drug-likeness (QED) is 0.216. The molecule has 5 rings (SSSR count). The Kier molecular flexibility index (Phi) is 9.67. The van der Waals surface area contributed by atoms with Gasteiger partial charge >= 0.3 is 5.97 Å². The average Bonchev–Trinajstić information content (AvgIpc) is 3.33. The fraction of sp³-hybridized carbons (Fsp3) is 0.306. The van der Waals surface area contributed by atoms with E-state index in [2.05, 4.69) is 37.9 Å². The van der Waals surface area contributed by atoms with Crippen LogP contribution in [0, 0.1) is 20.8 Å². The molecule has 46 heavy (non-hydrogen) atoms. The largest absolute Gasteiger partial charge is 0.493 e. The topological polar surface area (TPSA) is 97.6 Å². The Bertz CT molecular complexity index is 1960. The highest BCUT2D eigenvalue weighted by atomic mass is 32.1. The number of hydrogen-bond donors (Lipinski definition) is 0. The van der Waals surface area contributed by atoms with Crippen molar-refractivity contribution in [2.24, 2.45) is 4.99 Å². The molecule has 240 valence electrons. The highest BCUT2D eigenvalue weighted by molar-refractivity contribution is 7.07. The summed E-state index contributed by atoms with van der Waals surface area (Å²) in [6.45, 7) is 10.4. The summed E-state index contributed by atoms with van der Waals surface area (Å²) in [7, 11) is 4.54. The number of rotatable bonds is 10. The van der Waals surface area contributed by atoms with Crippen molar-refractivity contribution in [3.05, 3.63) is 113 Å². The maximum atomic E-state index is 14.1. The highest BCUT2D eigenvalue weighted by Gasteiger charge is 2.34. The van der Waals surface area contributed by atoms with Crippen LogP contribution >= 0.6 is 11.3 Å². The summed E-state index contributed by atoms with van der Waals surface area (Å²) in [5, 5.41) is 0. The van der Waals surface area contributed by atoms with Crippen LogP contribution in [0.2, 0.25) is 0 Å². The molecule has 1 aliphatic heterocycles. The van der Waals surface area contributed by atoms with Crippen LogP contribution in [0.4, 0.5) is 0 Å². The molecule has 3 aromatic carbocycles. The van der Waals surface area contributed by atoms with E-state index in [4.69, 9.17) is 23.7 Å². The van der Waals surface area contributed by atoms with Crippen LogP contribution in [-0.2, 0) is 16.1 Å². The summed E-state index contributed by atoms with van der Waals surface area (Å²) in [5.74, 6) is 1.37. The summed E-state index contributed by atoms with van der Waals surface area (Å²) in [6.07, 6.45) is 1.82. The number of hydrogen-bond acceptors (Lipinski definition) is 9. The van der Waals surface area contributed by atoms with Crippen LogP contribution in [0.5, 0.6) is 23.0 Å². The van der Waals surface area contributed by atoms with Gasteiger partial charge in [0.25, 0.3) is 5.56 Å². The maximum absolute atomic E-state index is 14.1. The monoisotopic (exact) mass is 642 g/mol. The Labute approximate surface area is 272 Å². The van der Waals surface area contributed by atoms with Gasteiger partial charge in [0.1, 0.15) is 12.4 Å². The molecule has 2 heterocycles. The van der Waals surface area contributed by atoms with E-state index >= 15 is 0 Å². The molecule has 10 heteroatoms. The van der Waals surface area contributed by atoms with E-state index in [0.29, 0.717) is 44.4 Å². The number of aryl methyl sites for hydroxylation is 3. The van der Waals surface area contributed by atoms with Crippen molar-refractivity contribution >= 4 is 23.4 Å². The number of benzene rings is 3. The predicted octanol–water partition coefficient (Wildman–Crippen LogP) is 5.33. The Morgan fingerprint density at radius 3 is 2.13 bits per heavy atom. The van der Waals surface area contributed by atoms with Crippen molar-refractivity contribution in [3.63, 3.8) is 0 Å². The lowest BCUT2D eigenvalue weighted by Gasteiger charge is -2.26. The minimum atomic E-state index is -0.837. The molecule has 4 aromatic rings. The molecule has 1 aromatic heterocycles. The van der Waals surface area contributed by atoms with E-state index in [1.807, 2.05) is 30.3 Å². The molecule has 0 radical (unpaired) electrons. The molecule has 0 bridgehead atoms. The van der Waals surface area contributed by atoms with Crippen molar-refractivity contribution in [3.8, 4) is 23.0 Å². The fourth-order valence-corrected chi connectivity index (χ4v) is 6.82.